The molecule has 0 heterocycles. The molecule has 0 aliphatic rings. The Kier molecular flexibility index (Phi) is 9.92. The van der Waals surface area contributed by atoms with E-state index in [2.05, 4.69) is 6.07 Å². The van der Waals surface area contributed by atoms with Crippen LogP contribution in [0.1, 0.15) is 78.1 Å². The summed E-state index contributed by atoms with van der Waals surface area (Å²) in [7, 11) is -2.77. The minimum absolute atomic E-state index is 0.167. The van der Waals surface area contributed by atoms with Gasteiger partial charge in [-0.2, -0.15) is 5.26 Å². The highest BCUT2D eigenvalue weighted by Crippen LogP contribution is 2.22. The SMILES string of the molecule is CC(C)(C#N)CCCCCCCCCCCS(C)(=O)=O. The second-order valence-electron chi connectivity index (χ2n) is 6.56. The first kappa shape index (κ1) is 19.4. The molecule has 3 nitrogen and oxygen atoms in total. The minimum atomic E-state index is -2.77. The first-order valence-electron chi connectivity index (χ1n) is 7.86. The third-order valence-corrected chi connectivity index (χ3v) is 4.65. The smallest absolute Gasteiger partial charge is 0.147 e. The van der Waals surface area contributed by atoms with Crippen LogP contribution in [0.4, 0.5) is 0 Å². The Morgan fingerprint density at radius 3 is 1.65 bits per heavy atom. The molecule has 0 rings (SSSR count). The molecule has 0 aliphatic carbocycles. The van der Waals surface area contributed by atoms with E-state index in [1.807, 2.05) is 13.8 Å². The highest BCUT2D eigenvalue weighted by atomic mass is 32.2. The molecule has 0 radical (unpaired) electrons. The van der Waals surface area contributed by atoms with Crippen molar-refractivity contribution in [3.8, 4) is 6.07 Å². The molecule has 0 aromatic heterocycles. The lowest BCUT2D eigenvalue weighted by atomic mass is 9.88. The lowest BCUT2D eigenvalue weighted by molar-refractivity contribution is 0.418. The van der Waals surface area contributed by atoms with E-state index in [0.717, 1.165) is 32.1 Å². The molecule has 0 aliphatic heterocycles. The summed E-state index contributed by atoms with van der Waals surface area (Å²) >= 11 is 0. The number of nitrogens with zero attached hydrogens (tertiary/aromatic N) is 1. The second-order valence-corrected chi connectivity index (χ2v) is 8.82. The van der Waals surface area contributed by atoms with Gasteiger partial charge in [-0.15, -0.1) is 0 Å². The van der Waals surface area contributed by atoms with E-state index in [-0.39, 0.29) is 5.41 Å². The van der Waals surface area contributed by atoms with Gasteiger partial charge in [0.1, 0.15) is 9.84 Å². The van der Waals surface area contributed by atoms with Gasteiger partial charge in [0.05, 0.1) is 11.5 Å². The van der Waals surface area contributed by atoms with Gasteiger partial charge in [-0.25, -0.2) is 8.42 Å². The zero-order valence-corrected chi connectivity index (χ0v) is 14.3. The topological polar surface area (TPSA) is 57.9 Å². The molecule has 0 bridgehead atoms. The largest absolute Gasteiger partial charge is 0.229 e. The fourth-order valence-electron chi connectivity index (χ4n) is 2.22. The van der Waals surface area contributed by atoms with Gasteiger partial charge >= 0.3 is 0 Å². The highest BCUT2D eigenvalue weighted by molar-refractivity contribution is 7.90. The second kappa shape index (κ2) is 10.2. The van der Waals surface area contributed by atoms with E-state index >= 15 is 0 Å². The molecule has 0 unspecified atom stereocenters. The van der Waals surface area contributed by atoms with Crippen molar-refractivity contribution in [1.82, 2.24) is 0 Å². The molecule has 118 valence electrons. The lowest BCUT2D eigenvalue weighted by Crippen LogP contribution is -2.06. The van der Waals surface area contributed by atoms with Crippen LogP contribution in [0.2, 0.25) is 0 Å². The van der Waals surface area contributed by atoms with Crippen LogP contribution in [0.3, 0.4) is 0 Å². The van der Waals surface area contributed by atoms with Gasteiger partial charge in [0.15, 0.2) is 0 Å². The Bertz CT molecular complexity index is 380. The number of hydrogen-bond acceptors (Lipinski definition) is 3. The number of nitriles is 1. The molecule has 0 N–H and O–H groups in total. The van der Waals surface area contributed by atoms with Crippen molar-refractivity contribution in [3.05, 3.63) is 0 Å². The normalized spacial score (nSPS) is 12.3. The minimum Gasteiger partial charge on any atom is -0.229 e. The Hall–Kier alpha value is -0.560. The molecule has 4 heteroatoms. The summed E-state index contributed by atoms with van der Waals surface area (Å²) in [6, 6.07) is 2.34. The molecule has 0 atom stereocenters. The molecule has 0 fully saturated rings. The summed E-state index contributed by atoms with van der Waals surface area (Å²) in [5, 5.41) is 8.90. The highest BCUT2D eigenvalue weighted by Gasteiger charge is 2.15. The van der Waals surface area contributed by atoms with Crippen LogP contribution in [-0.2, 0) is 9.84 Å². The summed E-state index contributed by atoms with van der Waals surface area (Å²) in [5.41, 5.74) is -0.167. The predicted octanol–water partition coefficient (Wildman–Crippen LogP) is 4.48. The van der Waals surface area contributed by atoms with E-state index < -0.39 is 9.84 Å². The molecular formula is C16H31NO2S. The van der Waals surface area contributed by atoms with Crippen molar-refractivity contribution in [1.29, 1.82) is 5.26 Å². The van der Waals surface area contributed by atoms with Crippen LogP contribution in [0, 0.1) is 16.7 Å². The first-order valence-corrected chi connectivity index (χ1v) is 9.92. The van der Waals surface area contributed by atoms with Crippen molar-refractivity contribution >= 4 is 9.84 Å². The van der Waals surface area contributed by atoms with E-state index in [0.29, 0.717) is 5.75 Å². The van der Waals surface area contributed by atoms with Gasteiger partial charge < -0.3 is 0 Å². The van der Waals surface area contributed by atoms with Crippen LogP contribution in [0.25, 0.3) is 0 Å². The van der Waals surface area contributed by atoms with E-state index in [4.69, 9.17) is 5.26 Å². The molecule has 0 spiro atoms. The van der Waals surface area contributed by atoms with Crippen molar-refractivity contribution < 1.29 is 8.42 Å². The van der Waals surface area contributed by atoms with Crippen LogP contribution in [0.15, 0.2) is 0 Å². The zero-order valence-electron chi connectivity index (χ0n) is 13.5. The fourth-order valence-corrected chi connectivity index (χ4v) is 2.95. The van der Waals surface area contributed by atoms with Gasteiger partial charge in [0, 0.05) is 12.0 Å². The number of sulfone groups is 1. The first-order chi connectivity index (χ1) is 9.27. The van der Waals surface area contributed by atoms with Gasteiger partial charge in [0.2, 0.25) is 0 Å². The van der Waals surface area contributed by atoms with Crippen LogP contribution >= 0.6 is 0 Å². The molecule has 0 saturated carbocycles. The van der Waals surface area contributed by atoms with Gasteiger partial charge in [-0.05, 0) is 26.7 Å². The fraction of sp³-hybridized carbons (Fsp3) is 0.938. The van der Waals surface area contributed by atoms with Gasteiger partial charge in [-0.1, -0.05) is 51.4 Å². The Morgan fingerprint density at radius 2 is 1.25 bits per heavy atom. The van der Waals surface area contributed by atoms with Crippen molar-refractivity contribution in [3.63, 3.8) is 0 Å². The third-order valence-electron chi connectivity index (χ3n) is 3.62. The van der Waals surface area contributed by atoms with E-state index in [9.17, 15) is 8.42 Å². The lowest BCUT2D eigenvalue weighted by Gasteiger charge is -2.14. The molecule has 0 aromatic rings. The summed E-state index contributed by atoms with van der Waals surface area (Å²) in [6.45, 7) is 4.01. The third kappa shape index (κ3) is 13.9. The van der Waals surface area contributed by atoms with Crippen molar-refractivity contribution in [2.45, 2.75) is 78.1 Å². The van der Waals surface area contributed by atoms with Gasteiger partial charge in [-0.3, -0.25) is 0 Å². The Morgan fingerprint density at radius 1 is 0.850 bits per heavy atom. The summed E-state index contributed by atoms with van der Waals surface area (Å²) in [4.78, 5) is 0. The molecule has 20 heavy (non-hydrogen) atoms. The predicted molar refractivity (Wildman–Crippen MR) is 85.3 cm³/mol. The number of unbranched alkanes of at least 4 members (excludes halogenated alkanes) is 8. The summed E-state index contributed by atoms with van der Waals surface area (Å²) in [6.07, 6.45) is 12.6. The summed E-state index contributed by atoms with van der Waals surface area (Å²) in [5.74, 6) is 0.335. The monoisotopic (exact) mass is 301 g/mol. The van der Waals surface area contributed by atoms with Crippen LogP contribution in [-0.4, -0.2) is 20.4 Å². The Balaban J connectivity index is 3.24. The number of rotatable bonds is 12. The molecule has 0 aromatic carbocycles. The zero-order chi connectivity index (χ0) is 15.5. The maximum Gasteiger partial charge on any atom is 0.147 e. The van der Waals surface area contributed by atoms with E-state index in [1.165, 1.54) is 38.4 Å². The Labute approximate surface area is 125 Å². The van der Waals surface area contributed by atoms with Gasteiger partial charge in [0.25, 0.3) is 0 Å². The molecular weight excluding hydrogens is 270 g/mol. The average molecular weight is 301 g/mol. The molecule has 0 amide bonds. The maximum atomic E-state index is 10.9. The molecule has 0 saturated heterocycles. The van der Waals surface area contributed by atoms with Crippen molar-refractivity contribution in [2.75, 3.05) is 12.0 Å². The standard InChI is InChI=1S/C16H31NO2S/c1-16(2,15-17)13-11-9-7-5-4-6-8-10-12-14-20(3,18)19/h4-14H2,1-3H3. The van der Waals surface area contributed by atoms with Crippen molar-refractivity contribution in [2.24, 2.45) is 5.41 Å². The van der Waals surface area contributed by atoms with E-state index in [1.54, 1.807) is 0 Å². The maximum absolute atomic E-state index is 10.9. The quantitative estimate of drug-likeness (QED) is 0.499. The van der Waals surface area contributed by atoms with Crippen LogP contribution < -0.4 is 0 Å². The number of hydrogen-bond donors (Lipinski definition) is 0. The average Bonchev–Trinajstić information content (AvgIpc) is 2.34. The summed E-state index contributed by atoms with van der Waals surface area (Å²) < 4.78 is 21.9. The van der Waals surface area contributed by atoms with Crippen LogP contribution in [0.5, 0.6) is 0 Å².